The molecule has 0 aliphatic carbocycles. The first-order valence-electron chi connectivity index (χ1n) is 10.2. The van der Waals surface area contributed by atoms with Gasteiger partial charge in [0.1, 0.15) is 0 Å². The quantitative estimate of drug-likeness (QED) is 0.709. The van der Waals surface area contributed by atoms with Crippen molar-refractivity contribution in [3.05, 3.63) is 53.6 Å². The van der Waals surface area contributed by atoms with E-state index < -0.39 is 22.0 Å². The van der Waals surface area contributed by atoms with Gasteiger partial charge in [-0.05, 0) is 48.4 Å². The number of ether oxygens (including phenoxy) is 2. The topological polar surface area (TPSA) is 105 Å². The van der Waals surface area contributed by atoms with Crippen molar-refractivity contribution in [3.8, 4) is 0 Å². The third-order valence-corrected chi connectivity index (χ3v) is 7.24. The second-order valence-corrected chi connectivity index (χ2v) is 9.13. The molecule has 1 aliphatic rings. The van der Waals surface area contributed by atoms with E-state index in [9.17, 15) is 18.0 Å². The van der Waals surface area contributed by atoms with Crippen LogP contribution in [0, 0.1) is 0 Å². The Kier molecular flexibility index (Phi) is 7.49. The maximum Gasteiger partial charge on any atom is 0.413 e. The van der Waals surface area contributed by atoms with Crippen LogP contribution in [0.3, 0.4) is 0 Å². The third-order valence-electron chi connectivity index (χ3n) is 5.26. The van der Waals surface area contributed by atoms with Gasteiger partial charge in [0.2, 0.25) is 10.0 Å². The number of morpholine rings is 1. The highest BCUT2D eigenvalue weighted by Crippen LogP contribution is 2.24. The molecule has 10 heteroatoms. The lowest BCUT2D eigenvalue weighted by atomic mass is 10.1. The van der Waals surface area contributed by atoms with Crippen LogP contribution in [0.4, 0.5) is 16.2 Å². The molecule has 0 spiro atoms. The Balaban J connectivity index is 1.81. The van der Waals surface area contributed by atoms with Crippen LogP contribution in [-0.2, 0) is 25.9 Å². The predicted molar refractivity (Wildman–Crippen MR) is 121 cm³/mol. The molecule has 1 aliphatic heterocycles. The van der Waals surface area contributed by atoms with Crippen LogP contribution in [-0.4, -0.2) is 65.2 Å². The number of carbonyl (C=O) groups is 2. The van der Waals surface area contributed by atoms with E-state index in [-0.39, 0.29) is 23.5 Å². The van der Waals surface area contributed by atoms with Crippen LogP contribution in [0.2, 0.25) is 0 Å². The van der Waals surface area contributed by atoms with Gasteiger partial charge in [0, 0.05) is 37.1 Å². The monoisotopic (exact) mass is 461 g/mol. The van der Waals surface area contributed by atoms with Gasteiger partial charge >= 0.3 is 6.09 Å². The first kappa shape index (κ1) is 23.7. The SMILES string of the molecule is CCc1ccc(C(=O)Nc2ccc(N(C)C(=O)OC)cc2)cc1S(=O)(=O)N1CCOCC1. The Hall–Kier alpha value is -2.95. The number of nitrogens with zero attached hydrogens (tertiary/aromatic N) is 2. The molecule has 32 heavy (non-hydrogen) atoms. The molecule has 0 atom stereocenters. The number of hydrogen-bond donors (Lipinski definition) is 1. The Labute approximate surface area is 188 Å². The number of sulfonamides is 1. The van der Waals surface area contributed by atoms with Gasteiger partial charge in [-0.3, -0.25) is 9.69 Å². The van der Waals surface area contributed by atoms with Crippen LogP contribution in [0.25, 0.3) is 0 Å². The van der Waals surface area contributed by atoms with Gasteiger partial charge in [0.25, 0.3) is 5.91 Å². The summed E-state index contributed by atoms with van der Waals surface area (Å²) in [6, 6.07) is 11.4. The number of carbonyl (C=O) groups excluding carboxylic acids is 2. The lowest BCUT2D eigenvalue weighted by Crippen LogP contribution is -2.41. The molecule has 0 unspecified atom stereocenters. The van der Waals surface area contributed by atoms with E-state index in [4.69, 9.17) is 4.74 Å². The zero-order chi connectivity index (χ0) is 23.3. The molecular formula is C22H27N3O6S. The lowest BCUT2D eigenvalue weighted by Gasteiger charge is -2.27. The average Bonchev–Trinajstić information content (AvgIpc) is 2.83. The van der Waals surface area contributed by atoms with Crippen LogP contribution < -0.4 is 10.2 Å². The second-order valence-electron chi connectivity index (χ2n) is 7.22. The number of anilines is 2. The zero-order valence-corrected chi connectivity index (χ0v) is 19.1. The van der Waals surface area contributed by atoms with Gasteiger partial charge < -0.3 is 14.8 Å². The summed E-state index contributed by atoms with van der Waals surface area (Å²) in [5.41, 5.74) is 2.00. The third kappa shape index (κ3) is 5.09. The van der Waals surface area contributed by atoms with Crippen molar-refractivity contribution >= 4 is 33.4 Å². The fourth-order valence-electron chi connectivity index (χ4n) is 3.37. The van der Waals surface area contributed by atoms with E-state index in [0.717, 1.165) is 0 Å². The molecule has 172 valence electrons. The second kappa shape index (κ2) is 10.1. The van der Waals surface area contributed by atoms with Crippen LogP contribution in [0.1, 0.15) is 22.8 Å². The number of amides is 2. The zero-order valence-electron chi connectivity index (χ0n) is 18.3. The Morgan fingerprint density at radius 1 is 1.12 bits per heavy atom. The summed E-state index contributed by atoms with van der Waals surface area (Å²) in [6.07, 6.45) is 0.0162. The van der Waals surface area contributed by atoms with E-state index in [0.29, 0.717) is 36.6 Å². The minimum absolute atomic E-state index is 0.143. The van der Waals surface area contributed by atoms with Gasteiger partial charge in [0.15, 0.2) is 0 Å². The largest absolute Gasteiger partial charge is 0.452 e. The van der Waals surface area contributed by atoms with E-state index >= 15 is 0 Å². The number of aryl methyl sites for hydroxylation is 1. The minimum Gasteiger partial charge on any atom is -0.452 e. The Bertz CT molecular complexity index is 1080. The fraction of sp³-hybridized carbons (Fsp3) is 0.364. The summed E-state index contributed by atoms with van der Waals surface area (Å²) >= 11 is 0. The van der Waals surface area contributed by atoms with Crippen LogP contribution in [0.5, 0.6) is 0 Å². The van der Waals surface area contributed by atoms with E-state index in [1.165, 1.54) is 22.4 Å². The van der Waals surface area contributed by atoms with Crippen molar-refractivity contribution in [2.24, 2.45) is 0 Å². The van der Waals surface area contributed by atoms with Crippen molar-refractivity contribution in [2.75, 3.05) is 50.7 Å². The molecule has 2 aromatic carbocycles. The molecule has 0 radical (unpaired) electrons. The lowest BCUT2D eigenvalue weighted by molar-refractivity contribution is 0.0730. The Morgan fingerprint density at radius 2 is 1.78 bits per heavy atom. The highest BCUT2D eigenvalue weighted by atomic mass is 32.2. The summed E-state index contributed by atoms with van der Waals surface area (Å²) in [5.74, 6) is -0.430. The maximum atomic E-state index is 13.2. The fourth-order valence-corrected chi connectivity index (χ4v) is 5.10. The molecular weight excluding hydrogens is 434 g/mol. The molecule has 2 aromatic rings. The minimum atomic E-state index is -3.74. The number of hydrogen-bond acceptors (Lipinski definition) is 6. The summed E-state index contributed by atoms with van der Waals surface area (Å²) in [4.78, 5) is 25.9. The maximum absolute atomic E-state index is 13.2. The number of benzene rings is 2. The molecule has 0 aromatic heterocycles. The van der Waals surface area contributed by atoms with E-state index in [1.807, 2.05) is 6.92 Å². The predicted octanol–water partition coefficient (Wildman–Crippen LogP) is 2.72. The molecule has 1 fully saturated rings. The summed E-state index contributed by atoms with van der Waals surface area (Å²) in [6.45, 7) is 3.15. The van der Waals surface area contributed by atoms with E-state index in [1.54, 1.807) is 43.4 Å². The van der Waals surface area contributed by atoms with Gasteiger partial charge in [-0.15, -0.1) is 0 Å². The van der Waals surface area contributed by atoms with Gasteiger partial charge in [0.05, 0.1) is 25.2 Å². The van der Waals surface area contributed by atoms with Gasteiger partial charge in [-0.2, -0.15) is 4.31 Å². The highest BCUT2D eigenvalue weighted by molar-refractivity contribution is 7.89. The van der Waals surface area contributed by atoms with Gasteiger partial charge in [-0.25, -0.2) is 13.2 Å². The molecule has 3 rings (SSSR count). The molecule has 1 heterocycles. The van der Waals surface area contributed by atoms with Gasteiger partial charge in [-0.1, -0.05) is 13.0 Å². The smallest absolute Gasteiger partial charge is 0.413 e. The first-order valence-corrected chi connectivity index (χ1v) is 11.7. The molecule has 0 bridgehead atoms. The summed E-state index contributed by atoms with van der Waals surface area (Å²) in [7, 11) is -0.865. The Morgan fingerprint density at radius 3 is 2.38 bits per heavy atom. The van der Waals surface area contributed by atoms with Crippen LogP contribution >= 0.6 is 0 Å². The van der Waals surface area contributed by atoms with Crippen molar-refractivity contribution in [2.45, 2.75) is 18.2 Å². The molecule has 2 amide bonds. The van der Waals surface area contributed by atoms with Crippen molar-refractivity contribution in [3.63, 3.8) is 0 Å². The number of rotatable bonds is 6. The van der Waals surface area contributed by atoms with Crippen molar-refractivity contribution < 1.29 is 27.5 Å². The van der Waals surface area contributed by atoms with Crippen molar-refractivity contribution in [1.82, 2.24) is 4.31 Å². The standard InChI is InChI=1S/C22H27N3O6S/c1-4-16-5-6-17(15-20(16)32(28,29)25-11-13-31-14-12-25)21(26)23-18-7-9-19(10-8-18)24(2)22(27)30-3/h5-10,15H,4,11-14H2,1-3H3,(H,23,26). The first-order chi connectivity index (χ1) is 15.3. The van der Waals surface area contributed by atoms with Crippen molar-refractivity contribution in [1.29, 1.82) is 0 Å². The normalized spacial score (nSPS) is 14.6. The number of methoxy groups -OCH3 is 1. The average molecular weight is 462 g/mol. The van der Waals surface area contributed by atoms with E-state index in [2.05, 4.69) is 10.1 Å². The molecule has 1 N–H and O–H groups in total. The molecule has 9 nitrogen and oxygen atoms in total. The highest BCUT2D eigenvalue weighted by Gasteiger charge is 2.29. The summed E-state index contributed by atoms with van der Waals surface area (Å²) < 4.78 is 37.7. The summed E-state index contributed by atoms with van der Waals surface area (Å²) in [5, 5.41) is 2.76. The van der Waals surface area contributed by atoms with Crippen LogP contribution in [0.15, 0.2) is 47.4 Å². The number of nitrogens with one attached hydrogen (secondary N) is 1. The molecule has 0 saturated carbocycles. The molecule has 1 saturated heterocycles.